The number of hydrogen-bond acceptors (Lipinski definition) is 6. The quantitative estimate of drug-likeness (QED) is 0.329. The van der Waals surface area contributed by atoms with Gasteiger partial charge in [-0.05, 0) is 47.2 Å². The molecule has 35 heavy (non-hydrogen) atoms. The Kier molecular flexibility index (Phi) is 6.23. The molecule has 2 aromatic carbocycles. The predicted molar refractivity (Wildman–Crippen MR) is 139 cm³/mol. The summed E-state index contributed by atoms with van der Waals surface area (Å²) in [6, 6.07) is 15.1. The normalized spacial score (nSPS) is 18.5. The summed E-state index contributed by atoms with van der Waals surface area (Å²) in [5, 5.41) is 4.57. The van der Waals surface area contributed by atoms with Crippen LogP contribution in [-0.2, 0) is 10.5 Å². The standard InChI is InChI=1S/C27H26ClN3O3S/c1-27(2)12-19-22(20(32)13-27)21(16-6-10-18(34-3)11-7-16)23-24(29-19)30-26(31-25(23)33)35-14-15-4-8-17(28)9-5-15/h4-11,21H,12-14H2,1-3H3,(H2,29,30,31,33)/t21-/m0/s1. The van der Waals surface area contributed by atoms with Gasteiger partial charge in [-0.3, -0.25) is 9.59 Å². The molecule has 0 radical (unpaired) electrons. The molecular formula is C27H26ClN3O3S. The minimum Gasteiger partial charge on any atom is -0.497 e. The highest BCUT2D eigenvalue weighted by Crippen LogP contribution is 2.47. The molecule has 3 aromatic rings. The van der Waals surface area contributed by atoms with E-state index in [1.54, 1.807) is 7.11 Å². The molecule has 1 aliphatic heterocycles. The second-order valence-electron chi connectivity index (χ2n) is 9.71. The Balaban J connectivity index is 1.56. The Morgan fingerprint density at radius 1 is 1.09 bits per heavy atom. The lowest BCUT2D eigenvalue weighted by Gasteiger charge is -2.38. The number of benzene rings is 2. The molecule has 5 rings (SSSR count). The number of carbonyl (C=O) groups excluding carboxylic acids is 1. The zero-order chi connectivity index (χ0) is 24.7. The predicted octanol–water partition coefficient (Wildman–Crippen LogP) is 5.92. The molecule has 0 bridgehead atoms. The molecule has 2 aliphatic rings. The van der Waals surface area contributed by atoms with Crippen LogP contribution < -0.4 is 15.6 Å². The van der Waals surface area contributed by atoms with Crippen LogP contribution in [0.4, 0.5) is 5.82 Å². The van der Waals surface area contributed by atoms with Crippen LogP contribution in [0.3, 0.4) is 0 Å². The number of thioether (sulfide) groups is 1. The number of carbonyl (C=O) groups is 1. The van der Waals surface area contributed by atoms with Crippen molar-refractivity contribution in [2.75, 3.05) is 12.4 Å². The second kappa shape index (κ2) is 9.21. The minimum atomic E-state index is -0.484. The fourth-order valence-electron chi connectivity index (χ4n) is 4.82. The van der Waals surface area contributed by atoms with Crippen molar-refractivity contribution in [2.24, 2.45) is 5.41 Å². The van der Waals surface area contributed by atoms with Crippen LogP contribution in [-0.4, -0.2) is 22.9 Å². The average molecular weight is 508 g/mol. The summed E-state index contributed by atoms with van der Waals surface area (Å²) < 4.78 is 5.31. The topological polar surface area (TPSA) is 84.1 Å². The van der Waals surface area contributed by atoms with Crippen LogP contribution in [0.5, 0.6) is 5.75 Å². The van der Waals surface area contributed by atoms with Crippen molar-refractivity contribution in [3.05, 3.63) is 91.9 Å². The number of rotatable bonds is 5. The van der Waals surface area contributed by atoms with Crippen LogP contribution >= 0.6 is 23.4 Å². The van der Waals surface area contributed by atoms with Crippen LogP contribution in [0, 0.1) is 5.41 Å². The van der Waals surface area contributed by atoms with E-state index in [2.05, 4.69) is 24.1 Å². The number of aromatic amines is 1. The minimum absolute atomic E-state index is 0.0656. The van der Waals surface area contributed by atoms with Gasteiger partial charge in [0.25, 0.3) is 5.56 Å². The van der Waals surface area contributed by atoms with Crippen molar-refractivity contribution in [1.29, 1.82) is 0 Å². The molecule has 0 spiro atoms. The number of halogens is 1. The van der Waals surface area contributed by atoms with Crippen LogP contribution in [0.25, 0.3) is 0 Å². The number of anilines is 1. The van der Waals surface area contributed by atoms with E-state index >= 15 is 0 Å². The van der Waals surface area contributed by atoms with E-state index in [0.29, 0.717) is 51.5 Å². The first-order valence-corrected chi connectivity index (χ1v) is 12.8. The molecule has 6 nitrogen and oxygen atoms in total. The van der Waals surface area contributed by atoms with Crippen LogP contribution in [0.15, 0.2) is 69.8 Å². The summed E-state index contributed by atoms with van der Waals surface area (Å²) >= 11 is 7.43. The van der Waals surface area contributed by atoms with Gasteiger partial charge >= 0.3 is 0 Å². The molecule has 0 saturated heterocycles. The molecule has 0 unspecified atom stereocenters. The highest BCUT2D eigenvalue weighted by Gasteiger charge is 2.42. The van der Waals surface area contributed by atoms with Crippen molar-refractivity contribution >= 4 is 35.0 Å². The first-order chi connectivity index (χ1) is 16.7. The summed E-state index contributed by atoms with van der Waals surface area (Å²) in [6.07, 6.45) is 1.15. The number of ether oxygens (including phenoxy) is 1. The summed E-state index contributed by atoms with van der Waals surface area (Å²) in [5.74, 6) is 1.45. The molecular weight excluding hydrogens is 482 g/mol. The maximum Gasteiger partial charge on any atom is 0.257 e. The lowest BCUT2D eigenvalue weighted by molar-refractivity contribution is -0.118. The summed E-state index contributed by atoms with van der Waals surface area (Å²) in [6.45, 7) is 4.18. The maximum absolute atomic E-state index is 13.4. The number of hydrogen-bond donors (Lipinski definition) is 2. The molecule has 1 aromatic heterocycles. The van der Waals surface area contributed by atoms with E-state index in [4.69, 9.17) is 21.3 Å². The number of ketones is 1. The molecule has 2 heterocycles. The van der Waals surface area contributed by atoms with Gasteiger partial charge in [0.15, 0.2) is 10.9 Å². The molecule has 180 valence electrons. The number of methoxy groups -OCH3 is 1. The van der Waals surface area contributed by atoms with Gasteiger partial charge in [0, 0.05) is 34.4 Å². The zero-order valence-corrected chi connectivity index (χ0v) is 21.3. The van der Waals surface area contributed by atoms with Crippen molar-refractivity contribution < 1.29 is 9.53 Å². The van der Waals surface area contributed by atoms with Crippen LogP contribution in [0.1, 0.15) is 49.3 Å². The van der Waals surface area contributed by atoms with E-state index in [1.807, 2.05) is 48.5 Å². The van der Waals surface area contributed by atoms with E-state index in [0.717, 1.165) is 16.8 Å². The smallest absolute Gasteiger partial charge is 0.257 e. The Bertz CT molecular complexity index is 1380. The Morgan fingerprint density at radius 3 is 2.49 bits per heavy atom. The van der Waals surface area contributed by atoms with E-state index in [9.17, 15) is 9.59 Å². The van der Waals surface area contributed by atoms with E-state index in [1.165, 1.54) is 11.8 Å². The number of H-pyrrole nitrogens is 1. The second-order valence-corrected chi connectivity index (χ2v) is 11.1. The monoisotopic (exact) mass is 507 g/mol. The number of allylic oxidation sites excluding steroid dienone is 2. The van der Waals surface area contributed by atoms with Gasteiger partial charge in [-0.15, -0.1) is 0 Å². The fourth-order valence-corrected chi connectivity index (χ4v) is 5.77. The Hall–Kier alpha value is -3.03. The average Bonchev–Trinajstić information content (AvgIpc) is 2.81. The first-order valence-electron chi connectivity index (χ1n) is 11.4. The Labute approximate surface area is 213 Å². The van der Waals surface area contributed by atoms with Crippen molar-refractivity contribution in [3.8, 4) is 5.75 Å². The number of nitrogens with one attached hydrogen (secondary N) is 2. The molecule has 1 aliphatic carbocycles. The van der Waals surface area contributed by atoms with Gasteiger partial charge in [-0.2, -0.15) is 0 Å². The van der Waals surface area contributed by atoms with Gasteiger partial charge in [-0.25, -0.2) is 4.98 Å². The molecule has 8 heteroatoms. The first kappa shape index (κ1) is 23.7. The highest BCUT2D eigenvalue weighted by atomic mass is 35.5. The fraction of sp³-hybridized carbons (Fsp3) is 0.296. The third kappa shape index (κ3) is 4.75. The summed E-state index contributed by atoms with van der Waals surface area (Å²) in [5.41, 5.74) is 3.51. The SMILES string of the molecule is COc1ccc([C@H]2C3=C(CC(C)(C)CC3=O)Nc3nc(SCc4ccc(Cl)cc4)[nH]c(=O)c32)cc1. The lowest BCUT2D eigenvalue weighted by Crippen LogP contribution is -2.37. The lowest BCUT2D eigenvalue weighted by atomic mass is 9.69. The third-order valence-corrected chi connectivity index (χ3v) is 7.63. The molecule has 2 N–H and O–H groups in total. The number of aromatic nitrogens is 2. The van der Waals surface area contributed by atoms with Gasteiger partial charge in [0.2, 0.25) is 0 Å². The Morgan fingerprint density at radius 2 is 1.80 bits per heavy atom. The van der Waals surface area contributed by atoms with E-state index < -0.39 is 5.92 Å². The molecule has 0 saturated carbocycles. The largest absolute Gasteiger partial charge is 0.497 e. The summed E-state index contributed by atoms with van der Waals surface area (Å²) in [4.78, 5) is 34.5. The third-order valence-electron chi connectivity index (χ3n) is 6.44. The van der Waals surface area contributed by atoms with E-state index in [-0.39, 0.29) is 16.8 Å². The number of fused-ring (bicyclic) bond motifs is 1. The van der Waals surface area contributed by atoms with Gasteiger partial charge in [0.05, 0.1) is 12.7 Å². The van der Waals surface area contributed by atoms with Crippen LogP contribution in [0.2, 0.25) is 5.02 Å². The molecule has 0 amide bonds. The molecule has 0 fully saturated rings. The van der Waals surface area contributed by atoms with Crippen molar-refractivity contribution in [2.45, 2.75) is 43.5 Å². The zero-order valence-electron chi connectivity index (χ0n) is 19.8. The van der Waals surface area contributed by atoms with Gasteiger partial charge in [-0.1, -0.05) is 61.5 Å². The maximum atomic E-state index is 13.4. The highest BCUT2D eigenvalue weighted by molar-refractivity contribution is 7.98. The van der Waals surface area contributed by atoms with Gasteiger partial charge < -0.3 is 15.0 Å². The molecule has 1 atom stereocenters. The van der Waals surface area contributed by atoms with Crippen molar-refractivity contribution in [1.82, 2.24) is 9.97 Å². The number of nitrogens with zero attached hydrogens (tertiary/aromatic N) is 1. The van der Waals surface area contributed by atoms with Gasteiger partial charge in [0.1, 0.15) is 11.6 Å². The summed E-state index contributed by atoms with van der Waals surface area (Å²) in [7, 11) is 1.61. The number of Topliss-reactive ketones (excluding diaryl/α,β-unsaturated/α-hetero) is 1. The van der Waals surface area contributed by atoms with Crippen molar-refractivity contribution in [3.63, 3.8) is 0 Å².